The zero-order valence-corrected chi connectivity index (χ0v) is 11.9. The van der Waals surface area contributed by atoms with Crippen molar-refractivity contribution in [1.82, 2.24) is 4.90 Å². The summed E-state index contributed by atoms with van der Waals surface area (Å²) in [5.41, 5.74) is 0.0666. The Hall–Kier alpha value is -0.0800. The van der Waals surface area contributed by atoms with Crippen LogP contribution in [0, 0.1) is 5.41 Å². The molecule has 0 aromatic carbocycles. The molecule has 0 amide bonds. The second-order valence-electron chi connectivity index (χ2n) is 5.40. The molecule has 0 aliphatic carbocycles. The van der Waals surface area contributed by atoms with Gasteiger partial charge in [0, 0.05) is 24.6 Å². The number of aliphatic hydroxyl groups is 1. The van der Waals surface area contributed by atoms with Crippen LogP contribution in [0.5, 0.6) is 0 Å². The standard InChI is InChI=1S/C14H31NO/c1-6-9-10-15(13(4)7-2)11-14(5,8-3)12-16/h13,16H,6-12H2,1-5H3. The summed E-state index contributed by atoms with van der Waals surface area (Å²) in [5.74, 6) is 0. The third-order valence-corrected chi connectivity index (χ3v) is 3.83. The van der Waals surface area contributed by atoms with Gasteiger partial charge in [-0.05, 0) is 32.7 Å². The van der Waals surface area contributed by atoms with Crippen molar-refractivity contribution in [3.63, 3.8) is 0 Å². The molecular formula is C14H31NO. The van der Waals surface area contributed by atoms with E-state index in [1.807, 2.05) is 0 Å². The highest BCUT2D eigenvalue weighted by molar-refractivity contribution is 4.79. The van der Waals surface area contributed by atoms with Gasteiger partial charge in [0.1, 0.15) is 0 Å². The van der Waals surface area contributed by atoms with Crippen LogP contribution in [-0.2, 0) is 0 Å². The largest absolute Gasteiger partial charge is 0.396 e. The average Bonchev–Trinajstić information content (AvgIpc) is 2.33. The summed E-state index contributed by atoms with van der Waals surface area (Å²) in [4.78, 5) is 2.54. The Labute approximate surface area is 102 Å². The van der Waals surface area contributed by atoms with Gasteiger partial charge in [-0.25, -0.2) is 0 Å². The van der Waals surface area contributed by atoms with Gasteiger partial charge in [0.05, 0.1) is 0 Å². The molecule has 16 heavy (non-hydrogen) atoms. The first-order valence-corrected chi connectivity index (χ1v) is 6.87. The van der Waals surface area contributed by atoms with Crippen molar-refractivity contribution >= 4 is 0 Å². The van der Waals surface area contributed by atoms with Crippen LogP contribution < -0.4 is 0 Å². The predicted molar refractivity (Wildman–Crippen MR) is 71.7 cm³/mol. The van der Waals surface area contributed by atoms with E-state index in [4.69, 9.17) is 0 Å². The Bertz CT molecular complexity index is 166. The first-order valence-electron chi connectivity index (χ1n) is 6.87. The molecule has 0 bridgehead atoms. The SMILES string of the molecule is CCCCN(CC(C)(CC)CO)C(C)CC. The second-order valence-corrected chi connectivity index (χ2v) is 5.40. The third-order valence-electron chi connectivity index (χ3n) is 3.83. The zero-order valence-electron chi connectivity index (χ0n) is 11.9. The molecule has 0 saturated heterocycles. The van der Waals surface area contributed by atoms with Crippen LogP contribution in [0.3, 0.4) is 0 Å². The van der Waals surface area contributed by atoms with E-state index >= 15 is 0 Å². The van der Waals surface area contributed by atoms with Crippen LogP contribution in [-0.4, -0.2) is 35.7 Å². The van der Waals surface area contributed by atoms with Crippen LogP contribution in [0.25, 0.3) is 0 Å². The molecule has 0 aliphatic rings. The molecule has 0 spiro atoms. The molecule has 1 N–H and O–H groups in total. The molecule has 2 nitrogen and oxygen atoms in total. The van der Waals surface area contributed by atoms with Crippen molar-refractivity contribution in [1.29, 1.82) is 0 Å². The van der Waals surface area contributed by atoms with Crippen molar-refractivity contribution in [2.45, 2.75) is 66.3 Å². The summed E-state index contributed by atoms with van der Waals surface area (Å²) in [5, 5.41) is 9.49. The summed E-state index contributed by atoms with van der Waals surface area (Å²) in [6.07, 6.45) is 4.74. The summed E-state index contributed by atoms with van der Waals surface area (Å²) in [6, 6.07) is 0.629. The van der Waals surface area contributed by atoms with E-state index in [0.717, 1.165) is 13.0 Å². The Morgan fingerprint density at radius 2 is 1.88 bits per heavy atom. The Morgan fingerprint density at radius 3 is 2.25 bits per heavy atom. The minimum Gasteiger partial charge on any atom is -0.396 e. The second kappa shape index (κ2) is 8.08. The van der Waals surface area contributed by atoms with Gasteiger partial charge in [0.2, 0.25) is 0 Å². The molecule has 98 valence electrons. The van der Waals surface area contributed by atoms with Gasteiger partial charge in [-0.1, -0.05) is 34.1 Å². The van der Waals surface area contributed by atoms with E-state index < -0.39 is 0 Å². The lowest BCUT2D eigenvalue weighted by Crippen LogP contribution is -2.43. The van der Waals surface area contributed by atoms with E-state index in [2.05, 4.69) is 39.5 Å². The molecular weight excluding hydrogens is 198 g/mol. The van der Waals surface area contributed by atoms with Gasteiger partial charge in [0.25, 0.3) is 0 Å². The maximum Gasteiger partial charge on any atom is 0.0496 e. The Kier molecular flexibility index (Phi) is 8.04. The van der Waals surface area contributed by atoms with Crippen molar-refractivity contribution in [2.24, 2.45) is 5.41 Å². The molecule has 0 rings (SSSR count). The highest BCUT2D eigenvalue weighted by Gasteiger charge is 2.26. The number of rotatable bonds is 9. The third kappa shape index (κ3) is 5.31. The Balaban J connectivity index is 4.39. The van der Waals surface area contributed by atoms with E-state index in [0.29, 0.717) is 12.6 Å². The zero-order chi connectivity index (χ0) is 12.6. The van der Waals surface area contributed by atoms with Crippen molar-refractivity contribution in [3.8, 4) is 0 Å². The van der Waals surface area contributed by atoms with Crippen molar-refractivity contribution in [2.75, 3.05) is 19.7 Å². The summed E-state index contributed by atoms with van der Waals surface area (Å²) >= 11 is 0. The molecule has 0 aliphatic heterocycles. The molecule has 2 atom stereocenters. The maximum absolute atomic E-state index is 9.49. The van der Waals surface area contributed by atoms with Gasteiger partial charge in [0.15, 0.2) is 0 Å². The summed E-state index contributed by atoms with van der Waals surface area (Å²) in [7, 11) is 0. The Morgan fingerprint density at radius 1 is 1.25 bits per heavy atom. The van der Waals surface area contributed by atoms with Crippen LogP contribution in [0.1, 0.15) is 60.3 Å². The normalized spacial score (nSPS) is 17.4. The van der Waals surface area contributed by atoms with E-state index in [9.17, 15) is 5.11 Å². The molecule has 0 heterocycles. The van der Waals surface area contributed by atoms with E-state index in [-0.39, 0.29) is 5.41 Å². The topological polar surface area (TPSA) is 23.5 Å². The van der Waals surface area contributed by atoms with E-state index in [1.54, 1.807) is 0 Å². The molecule has 0 aromatic heterocycles. The number of unbranched alkanes of at least 4 members (excludes halogenated alkanes) is 1. The number of hydrogen-bond acceptors (Lipinski definition) is 2. The first kappa shape index (κ1) is 15.9. The van der Waals surface area contributed by atoms with Gasteiger partial charge < -0.3 is 10.0 Å². The lowest BCUT2D eigenvalue weighted by molar-refractivity contribution is 0.0648. The van der Waals surface area contributed by atoms with Crippen LogP contribution in [0.15, 0.2) is 0 Å². The summed E-state index contributed by atoms with van der Waals surface area (Å²) in [6.45, 7) is 13.6. The van der Waals surface area contributed by atoms with Crippen LogP contribution in [0.4, 0.5) is 0 Å². The smallest absolute Gasteiger partial charge is 0.0496 e. The number of nitrogens with zero attached hydrogens (tertiary/aromatic N) is 1. The van der Waals surface area contributed by atoms with Crippen LogP contribution >= 0.6 is 0 Å². The van der Waals surface area contributed by atoms with Crippen LogP contribution in [0.2, 0.25) is 0 Å². The molecule has 0 fully saturated rings. The van der Waals surface area contributed by atoms with E-state index in [1.165, 1.54) is 25.8 Å². The fourth-order valence-corrected chi connectivity index (χ4v) is 1.84. The molecule has 0 aromatic rings. The number of aliphatic hydroxyl groups excluding tert-OH is 1. The lowest BCUT2D eigenvalue weighted by atomic mass is 9.87. The fraction of sp³-hybridized carbons (Fsp3) is 1.00. The summed E-state index contributed by atoms with van der Waals surface area (Å²) < 4.78 is 0. The highest BCUT2D eigenvalue weighted by atomic mass is 16.3. The van der Waals surface area contributed by atoms with Gasteiger partial charge in [-0.3, -0.25) is 0 Å². The quantitative estimate of drug-likeness (QED) is 0.656. The minimum atomic E-state index is 0.0666. The number of hydrogen-bond donors (Lipinski definition) is 1. The van der Waals surface area contributed by atoms with Gasteiger partial charge >= 0.3 is 0 Å². The highest BCUT2D eigenvalue weighted by Crippen LogP contribution is 2.23. The molecule has 0 radical (unpaired) electrons. The van der Waals surface area contributed by atoms with Crippen molar-refractivity contribution < 1.29 is 5.11 Å². The maximum atomic E-state index is 9.49. The first-order chi connectivity index (χ1) is 7.52. The average molecular weight is 229 g/mol. The van der Waals surface area contributed by atoms with Gasteiger partial charge in [-0.2, -0.15) is 0 Å². The molecule has 2 unspecified atom stereocenters. The minimum absolute atomic E-state index is 0.0666. The molecule has 0 saturated carbocycles. The predicted octanol–water partition coefficient (Wildman–Crippen LogP) is 3.30. The fourth-order valence-electron chi connectivity index (χ4n) is 1.84. The monoisotopic (exact) mass is 229 g/mol. The van der Waals surface area contributed by atoms with Gasteiger partial charge in [-0.15, -0.1) is 0 Å². The van der Waals surface area contributed by atoms with Crippen molar-refractivity contribution in [3.05, 3.63) is 0 Å². The lowest BCUT2D eigenvalue weighted by Gasteiger charge is -2.37. The molecule has 2 heteroatoms.